The van der Waals surface area contributed by atoms with Crippen LogP contribution in [-0.4, -0.2) is 79.5 Å². The first-order chi connectivity index (χ1) is 13.5. The van der Waals surface area contributed by atoms with Crippen LogP contribution < -0.4 is 0 Å². The number of carboxylic acid groups (broad SMARTS) is 1. The van der Waals surface area contributed by atoms with Crippen molar-refractivity contribution in [1.29, 1.82) is 0 Å². The number of hydrogen-bond donors (Lipinski definition) is 1. The molecule has 2 fully saturated rings. The van der Waals surface area contributed by atoms with Crippen LogP contribution in [0.25, 0.3) is 0 Å². The molecule has 1 aromatic rings. The molecule has 0 unspecified atom stereocenters. The summed E-state index contributed by atoms with van der Waals surface area (Å²) >= 11 is 0. The number of rotatable bonds is 5. The van der Waals surface area contributed by atoms with Crippen LogP contribution in [-0.2, 0) is 26.1 Å². The fourth-order valence-corrected chi connectivity index (χ4v) is 4.87. The Hall–Kier alpha value is -1.63. The van der Waals surface area contributed by atoms with Gasteiger partial charge in [0.2, 0.25) is 10.0 Å². The summed E-state index contributed by atoms with van der Waals surface area (Å²) in [6.07, 6.45) is -2.73. The molecule has 0 saturated carbocycles. The normalized spacial score (nSPS) is 23.7. The Morgan fingerprint density at radius 2 is 2.00 bits per heavy atom. The number of halogens is 3. The van der Waals surface area contributed by atoms with Crippen LogP contribution >= 0.6 is 0 Å². The van der Waals surface area contributed by atoms with Crippen LogP contribution in [0.3, 0.4) is 0 Å². The Labute approximate surface area is 167 Å². The Kier molecular flexibility index (Phi) is 8.09. The first-order valence-corrected chi connectivity index (χ1v) is 10.8. The topological polar surface area (TPSA) is 100 Å². The molecular formula is C17H25F3N2O6S. The third kappa shape index (κ3) is 6.98. The minimum atomic E-state index is -5.08. The molecule has 3 rings (SSSR count). The summed E-state index contributed by atoms with van der Waals surface area (Å²) in [5.74, 6) is -1.36. The van der Waals surface area contributed by atoms with E-state index in [4.69, 9.17) is 19.1 Å². The molecule has 0 radical (unpaired) electrons. The molecule has 2 saturated heterocycles. The number of sulfonamides is 1. The minimum Gasteiger partial charge on any atom is -0.475 e. The average Bonchev–Trinajstić information content (AvgIpc) is 3.22. The predicted molar refractivity (Wildman–Crippen MR) is 96.6 cm³/mol. The van der Waals surface area contributed by atoms with E-state index in [0.29, 0.717) is 26.1 Å². The van der Waals surface area contributed by atoms with Gasteiger partial charge in [-0.25, -0.2) is 13.2 Å². The SMILES string of the molecule is CCCS(=O)(=O)N1C[C@@H]2CN(Cc3ccco3)CCO[C@@H]2C1.O=C(O)C(F)(F)F. The van der Waals surface area contributed by atoms with Gasteiger partial charge in [0.25, 0.3) is 0 Å². The van der Waals surface area contributed by atoms with Gasteiger partial charge in [-0.3, -0.25) is 4.90 Å². The lowest BCUT2D eigenvalue weighted by molar-refractivity contribution is -0.192. The van der Waals surface area contributed by atoms with E-state index in [0.717, 1.165) is 25.4 Å². The molecule has 12 heteroatoms. The van der Waals surface area contributed by atoms with Crippen molar-refractivity contribution < 1.29 is 40.6 Å². The fourth-order valence-electron chi connectivity index (χ4n) is 3.30. The second-order valence-electron chi connectivity index (χ2n) is 6.92. The number of furan rings is 1. The zero-order chi connectivity index (χ0) is 21.7. The maximum atomic E-state index is 12.2. The van der Waals surface area contributed by atoms with Gasteiger partial charge in [-0.2, -0.15) is 17.5 Å². The van der Waals surface area contributed by atoms with Crippen LogP contribution in [0, 0.1) is 5.92 Å². The van der Waals surface area contributed by atoms with Gasteiger partial charge >= 0.3 is 12.1 Å². The Balaban J connectivity index is 0.000000370. The molecule has 29 heavy (non-hydrogen) atoms. The maximum absolute atomic E-state index is 12.2. The lowest BCUT2D eigenvalue weighted by Gasteiger charge is -2.22. The van der Waals surface area contributed by atoms with Crippen molar-refractivity contribution in [3.63, 3.8) is 0 Å². The lowest BCUT2D eigenvalue weighted by atomic mass is 10.1. The van der Waals surface area contributed by atoms with E-state index >= 15 is 0 Å². The van der Waals surface area contributed by atoms with E-state index in [1.165, 1.54) is 0 Å². The molecule has 166 valence electrons. The summed E-state index contributed by atoms with van der Waals surface area (Å²) in [5, 5.41) is 7.12. The number of alkyl halides is 3. The largest absolute Gasteiger partial charge is 0.490 e. The summed E-state index contributed by atoms with van der Waals surface area (Å²) in [7, 11) is -3.13. The van der Waals surface area contributed by atoms with Gasteiger partial charge in [0.1, 0.15) is 5.76 Å². The van der Waals surface area contributed by atoms with E-state index < -0.39 is 22.2 Å². The van der Waals surface area contributed by atoms with Crippen molar-refractivity contribution in [2.45, 2.75) is 32.2 Å². The molecule has 0 amide bonds. The van der Waals surface area contributed by atoms with Crippen molar-refractivity contribution in [3.05, 3.63) is 24.2 Å². The van der Waals surface area contributed by atoms with Crippen LogP contribution in [0.1, 0.15) is 19.1 Å². The lowest BCUT2D eigenvalue weighted by Crippen LogP contribution is -2.34. The van der Waals surface area contributed by atoms with Gasteiger partial charge < -0.3 is 14.3 Å². The predicted octanol–water partition coefficient (Wildman–Crippen LogP) is 1.79. The van der Waals surface area contributed by atoms with E-state index in [1.54, 1.807) is 10.6 Å². The number of fused-ring (bicyclic) bond motifs is 1. The first kappa shape index (κ1) is 23.6. The fraction of sp³-hybridized carbons (Fsp3) is 0.706. The molecule has 0 aliphatic carbocycles. The van der Waals surface area contributed by atoms with E-state index in [-0.39, 0.29) is 17.8 Å². The molecule has 8 nitrogen and oxygen atoms in total. The summed E-state index contributed by atoms with van der Waals surface area (Å²) in [6.45, 7) is 6.07. The van der Waals surface area contributed by atoms with Crippen molar-refractivity contribution in [3.8, 4) is 0 Å². The van der Waals surface area contributed by atoms with Gasteiger partial charge in [0, 0.05) is 32.1 Å². The Bertz CT molecular complexity index is 754. The van der Waals surface area contributed by atoms with E-state index in [2.05, 4.69) is 4.90 Å². The van der Waals surface area contributed by atoms with Crippen LogP contribution in [0.5, 0.6) is 0 Å². The van der Waals surface area contributed by atoms with E-state index in [1.807, 2.05) is 19.1 Å². The molecule has 1 aromatic heterocycles. The van der Waals surface area contributed by atoms with Crippen LogP contribution in [0.15, 0.2) is 22.8 Å². The van der Waals surface area contributed by atoms with Crippen molar-refractivity contribution in [2.75, 3.05) is 38.5 Å². The number of ether oxygens (including phenoxy) is 1. The average molecular weight is 442 g/mol. The van der Waals surface area contributed by atoms with Gasteiger partial charge in [-0.1, -0.05) is 6.92 Å². The summed E-state index contributed by atoms with van der Waals surface area (Å²) < 4.78 is 69.1. The third-order valence-electron chi connectivity index (χ3n) is 4.64. The zero-order valence-corrected chi connectivity index (χ0v) is 16.8. The minimum absolute atomic E-state index is 0.0215. The molecule has 2 aliphatic heterocycles. The van der Waals surface area contributed by atoms with Gasteiger partial charge in [-0.05, 0) is 18.6 Å². The summed E-state index contributed by atoms with van der Waals surface area (Å²) in [4.78, 5) is 11.2. The zero-order valence-electron chi connectivity index (χ0n) is 16.0. The van der Waals surface area contributed by atoms with E-state index in [9.17, 15) is 21.6 Å². The maximum Gasteiger partial charge on any atom is 0.490 e. The number of carboxylic acids is 1. The number of nitrogens with zero attached hydrogens (tertiary/aromatic N) is 2. The van der Waals surface area contributed by atoms with Crippen molar-refractivity contribution in [1.82, 2.24) is 9.21 Å². The Morgan fingerprint density at radius 3 is 2.55 bits per heavy atom. The van der Waals surface area contributed by atoms with Gasteiger partial charge in [0.05, 0.1) is 31.3 Å². The molecule has 0 aromatic carbocycles. The number of carbonyl (C=O) groups is 1. The highest BCUT2D eigenvalue weighted by Crippen LogP contribution is 2.26. The van der Waals surface area contributed by atoms with Crippen molar-refractivity contribution in [2.24, 2.45) is 5.92 Å². The molecule has 3 heterocycles. The van der Waals surface area contributed by atoms with Crippen LogP contribution in [0.2, 0.25) is 0 Å². The highest BCUT2D eigenvalue weighted by molar-refractivity contribution is 7.89. The standard InChI is InChI=1S/C15H24N2O4S.C2HF3O2/c1-2-8-22(18,19)17-10-13-9-16(5-7-21-15(13)12-17)11-14-4-3-6-20-14;3-2(4,5)1(6)7/h3-4,6,13,15H,2,5,7-12H2,1H3;(H,6,7)/t13-,15+;/m0./s1. The second kappa shape index (κ2) is 9.92. The highest BCUT2D eigenvalue weighted by atomic mass is 32.2. The van der Waals surface area contributed by atoms with Gasteiger partial charge in [-0.15, -0.1) is 0 Å². The third-order valence-corrected chi connectivity index (χ3v) is 6.65. The molecule has 0 spiro atoms. The smallest absolute Gasteiger partial charge is 0.475 e. The molecule has 0 bridgehead atoms. The highest BCUT2D eigenvalue weighted by Gasteiger charge is 2.41. The van der Waals surface area contributed by atoms with Crippen LogP contribution in [0.4, 0.5) is 13.2 Å². The molecule has 2 aliphatic rings. The first-order valence-electron chi connectivity index (χ1n) is 9.17. The number of aliphatic carboxylic acids is 1. The monoisotopic (exact) mass is 442 g/mol. The summed E-state index contributed by atoms with van der Waals surface area (Å²) in [5.41, 5.74) is 0. The molecule has 1 N–H and O–H groups in total. The Morgan fingerprint density at radius 1 is 1.31 bits per heavy atom. The molecular weight excluding hydrogens is 417 g/mol. The summed E-state index contributed by atoms with van der Waals surface area (Å²) in [6, 6.07) is 3.86. The van der Waals surface area contributed by atoms with Crippen molar-refractivity contribution >= 4 is 16.0 Å². The second-order valence-corrected chi connectivity index (χ2v) is 9.01. The van der Waals surface area contributed by atoms with Gasteiger partial charge in [0.15, 0.2) is 0 Å². The molecule has 2 atom stereocenters. The number of hydrogen-bond acceptors (Lipinski definition) is 6. The quantitative estimate of drug-likeness (QED) is 0.742.